The second-order valence-electron chi connectivity index (χ2n) is 7.31. The van der Waals surface area contributed by atoms with Crippen molar-refractivity contribution in [3.8, 4) is 0 Å². The molecule has 0 aromatic carbocycles. The zero-order valence-corrected chi connectivity index (χ0v) is 13.8. The number of hydrogen-bond acceptors (Lipinski definition) is 1. The first-order chi connectivity index (χ1) is 9.49. The van der Waals surface area contributed by atoms with Crippen molar-refractivity contribution in [2.75, 3.05) is 0 Å². The molecule has 0 N–H and O–H groups in total. The minimum absolute atomic E-state index is 0.396. The van der Waals surface area contributed by atoms with E-state index in [1.165, 1.54) is 44.4 Å². The van der Waals surface area contributed by atoms with Crippen LogP contribution in [0.1, 0.15) is 72.6 Å². The first kappa shape index (κ1) is 15.9. The summed E-state index contributed by atoms with van der Waals surface area (Å²) in [6, 6.07) is 1.63. The normalized spacial score (nSPS) is 34.2. The highest BCUT2D eigenvalue weighted by Crippen LogP contribution is 2.39. The topological polar surface area (TPSA) is 15.6 Å². The Balaban J connectivity index is 2.21. The van der Waals surface area contributed by atoms with Gasteiger partial charge < -0.3 is 4.90 Å². The Hall–Kier alpha value is -0.465. The average molecular weight is 274 g/mol. The number of fused-ring (bicyclic) bond motifs is 1. The molecule has 0 aromatic heterocycles. The summed E-state index contributed by atoms with van der Waals surface area (Å²) in [6.07, 6.45) is 8.88. The van der Waals surface area contributed by atoms with Gasteiger partial charge in [0.15, 0.2) is 0 Å². The smallest absolute Gasteiger partial charge is 0.100 e. The minimum atomic E-state index is 0.396. The highest BCUT2D eigenvalue weighted by Gasteiger charge is 2.39. The molecule has 1 saturated heterocycles. The lowest BCUT2D eigenvalue weighted by Gasteiger charge is -2.33. The van der Waals surface area contributed by atoms with Crippen molar-refractivity contribution in [3.05, 3.63) is 0 Å². The van der Waals surface area contributed by atoms with Gasteiger partial charge in [0.25, 0.3) is 0 Å². The summed E-state index contributed by atoms with van der Waals surface area (Å²) in [5.41, 5.74) is 0. The van der Waals surface area contributed by atoms with E-state index in [0.717, 1.165) is 12.3 Å². The molecule has 0 aromatic rings. The van der Waals surface area contributed by atoms with Gasteiger partial charge in [-0.05, 0) is 40.0 Å². The fraction of sp³-hybridized carbons (Fsp3) is 0.941. The number of nitrogens with zero attached hydrogens (tertiary/aromatic N) is 2. The van der Waals surface area contributed by atoms with Crippen LogP contribution in [0.15, 0.2) is 4.99 Å². The third-order valence-corrected chi connectivity index (χ3v) is 4.79. The van der Waals surface area contributed by atoms with Crippen molar-refractivity contribution in [2.24, 2.45) is 10.9 Å². The minimum Gasteiger partial charge on any atom is -0.355 e. The van der Waals surface area contributed by atoms with Crippen LogP contribution < -0.4 is 0 Å². The van der Waals surface area contributed by atoms with Gasteiger partial charge in [-0.15, -0.1) is 0 Å². The second-order valence-corrected chi connectivity index (χ2v) is 7.31. The Morgan fingerprint density at radius 1 is 1.10 bits per heavy atom. The van der Waals surface area contributed by atoms with Crippen LogP contribution in [-0.2, 0) is 0 Å². The summed E-state index contributed by atoms with van der Waals surface area (Å²) in [5.74, 6) is 2.47. The fourth-order valence-electron chi connectivity index (χ4n) is 4.05. The molecule has 0 spiro atoms. The lowest BCUT2D eigenvalue weighted by Crippen LogP contribution is -2.40. The van der Waals surface area contributed by atoms with Crippen molar-refractivity contribution in [1.29, 1.82) is 0 Å². The second kappa shape index (κ2) is 7.00. The van der Waals surface area contributed by atoms with Crippen molar-refractivity contribution in [1.82, 2.24) is 4.90 Å². The van der Waals surface area contributed by atoms with E-state index in [1.54, 1.807) is 0 Å². The van der Waals surface area contributed by atoms with Gasteiger partial charge in [-0.2, -0.15) is 0 Å². The van der Waals surface area contributed by atoms with Crippen LogP contribution in [0.25, 0.3) is 0 Å². The number of amidine groups is 1. The predicted molar refractivity (Wildman–Crippen MR) is 88.6 cm³/mol. The molecule has 3 atom stereocenters. The Labute approximate surface area is 126 Å². The van der Waals surface area contributed by atoms with E-state index in [1.807, 2.05) is 0 Å². The Kier molecular flexibility index (Phi) is 5.57. The molecule has 3 heteroatoms. The summed E-state index contributed by atoms with van der Waals surface area (Å²) >= 11 is 0. The number of likely N-dealkylation sites (tertiary alicyclic amines) is 1. The first-order valence-electron chi connectivity index (χ1n) is 8.59. The maximum absolute atomic E-state index is 6.34. The Morgan fingerprint density at radius 3 is 2.45 bits per heavy atom. The van der Waals surface area contributed by atoms with Crippen molar-refractivity contribution in [3.63, 3.8) is 0 Å². The van der Waals surface area contributed by atoms with E-state index in [2.05, 4.69) is 32.6 Å². The number of aliphatic imine (C=N–C) groups is 1. The van der Waals surface area contributed by atoms with Gasteiger partial charge in [0.05, 0.1) is 7.85 Å². The van der Waals surface area contributed by atoms with E-state index >= 15 is 0 Å². The summed E-state index contributed by atoms with van der Waals surface area (Å²) in [4.78, 5) is 7.53. The fourth-order valence-corrected chi connectivity index (χ4v) is 4.05. The molecular weight excluding hydrogens is 243 g/mol. The van der Waals surface area contributed by atoms with Crippen LogP contribution >= 0.6 is 0 Å². The molecule has 1 saturated carbocycles. The van der Waals surface area contributed by atoms with Crippen LogP contribution in [0.2, 0.25) is 5.82 Å². The lowest BCUT2D eigenvalue weighted by molar-refractivity contribution is 0.215. The van der Waals surface area contributed by atoms with Crippen LogP contribution in [0.5, 0.6) is 0 Å². The molecule has 112 valence electrons. The van der Waals surface area contributed by atoms with Crippen molar-refractivity contribution in [2.45, 2.75) is 96.6 Å². The van der Waals surface area contributed by atoms with Gasteiger partial charge in [0.2, 0.25) is 0 Å². The Bertz CT molecular complexity index is 338. The molecule has 0 amide bonds. The van der Waals surface area contributed by atoms with Gasteiger partial charge in [0.1, 0.15) is 5.84 Å². The van der Waals surface area contributed by atoms with Gasteiger partial charge in [-0.25, -0.2) is 0 Å². The monoisotopic (exact) mass is 274 g/mol. The maximum atomic E-state index is 6.34. The molecule has 0 bridgehead atoms. The predicted octanol–water partition coefficient (Wildman–Crippen LogP) is 4.20. The average Bonchev–Trinajstić information content (AvgIpc) is 2.67. The van der Waals surface area contributed by atoms with E-state index in [9.17, 15) is 0 Å². The molecule has 20 heavy (non-hydrogen) atoms. The zero-order chi connectivity index (χ0) is 14.7. The van der Waals surface area contributed by atoms with E-state index in [-0.39, 0.29) is 0 Å². The van der Waals surface area contributed by atoms with Crippen LogP contribution in [0, 0.1) is 5.92 Å². The first-order valence-corrected chi connectivity index (χ1v) is 8.59. The highest BCUT2D eigenvalue weighted by atomic mass is 15.3. The molecule has 2 radical (unpaired) electrons. The van der Waals surface area contributed by atoms with E-state index < -0.39 is 0 Å². The van der Waals surface area contributed by atoms with Gasteiger partial charge in [-0.3, -0.25) is 4.99 Å². The van der Waals surface area contributed by atoms with Crippen LogP contribution in [0.4, 0.5) is 0 Å². The van der Waals surface area contributed by atoms with E-state index in [4.69, 9.17) is 12.8 Å². The summed E-state index contributed by atoms with van der Waals surface area (Å²) < 4.78 is 0. The summed E-state index contributed by atoms with van der Waals surface area (Å²) in [7, 11) is 6.34. The standard InChI is InChI=1S/C17H31BN2/c1-12(2)19-17-11-14-10-15(18)8-6-5-7-9-16(14)20(17)13(3)4/h12-16H,5-11H2,1-4H3. The molecule has 3 unspecified atom stereocenters. The quantitative estimate of drug-likeness (QED) is 0.689. The molecule has 1 heterocycles. The van der Waals surface area contributed by atoms with Crippen molar-refractivity contribution >= 4 is 13.7 Å². The number of hydrogen-bond donors (Lipinski definition) is 0. The third-order valence-electron chi connectivity index (χ3n) is 4.79. The van der Waals surface area contributed by atoms with Gasteiger partial charge in [0, 0.05) is 24.5 Å². The molecule has 1 aliphatic carbocycles. The molecule has 2 aliphatic rings. The zero-order valence-electron chi connectivity index (χ0n) is 13.8. The Morgan fingerprint density at radius 2 is 1.80 bits per heavy atom. The van der Waals surface area contributed by atoms with Crippen LogP contribution in [0.3, 0.4) is 0 Å². The molecule has 1 aliphatic heterocycles. The maximum Gasteiger partial charge on any atom is 0.100 e. The molecular formula is C17H31BN2. The SMILES string of the molecule is [B]C1CCCCCC2C(CC(=NC(C)C)N2C(C)C)C1. The van der Waals surface area contributed by atoms with Gasteiger partial charge in [-0.1, -0.05) is 37.9 Å². The molecule has 2 nitrogen and oxygen atoms in total. The van der Waals surface area contributed by atoms with Gasteiger partial charge >= 0.3 is 0 Å². The molecule has 2 fully saturated rings. The van der Waals surface area contributed by atoms with E-state index in [0.29, 0.717) is 23.9 Å². The van der Waals surface area contributed by atoms with Crippen LogP contribution in [-0.4, -0.2) is 36.7 Å². The lowest BCUT2D eigenvalue weighted by atomic mass is 9.75. The van der Waals surface area contributed by atoms with Crippen molar-refractivity contribution < 1.29 is 0 Å². The summed E-state index contributed by atoms with van der Waals surface area (Å²) in [5, 5.41) is 0. The number of rotatable bonds is 2. The highest BCUT2D eigenvalue weighted by molar-refractivity contribution is 6.11. The largest absolute Gasteiger partial charge is 0.355 e. The summed E-state index contributed by atoms with van der Waals surface area (Å²) in [6.45, 7) is 8.99. The molecule has 2 rings (SSSR count). The third kappa shape index (κ3) is 3.80.